The van der Waals surface area contributed by atoms with Crippen LogP contribution in [0.5, 0.6) is 23.0 Å². The molecule has 2 aromatic heterocycles. The summed E-state index contributed by atoms with van der Waals surface area (Å²) in [7, 11) is 0. The maximum atomic E-state index is 7.25. The minimum Gasteiger partial charge on any atom is -0.458 e. The molecule has 6 heteroatoms. The summed E-state index contributed by atoms with van der Waals surface area (Å²) < 4.78 is 19.6. The Hall–Kier alpha value is -10.8. The van der Waals surface area contributed by atoms with Gasteiger partial charge < -0.3 is 18.6 Å². The number of ether oxygens (including phenoxy) is 2. The lowest BCUT2D eigenvalue weighted by atomic mass is 9.31. The Kier molecular flexibility index (Phi) is 8.54. The van der Waals surface area contributed by atoms with Gasteiger partial charge in [0.05, 0.1) is 21.9 Å². The molecule has 0 atom stereocenters. The lowest BCUT2D eigenvalue weighted by Crippen LogP contribution is -2.62. The monoisotopic (exact) mass is 1090 g/mol. The molecule has 0 bridgehead atoms. The highest BCUT2D eigenvalue weighted by atomic mass is 16.5. The first kappa shape index (κ1) is 45.7. The van der Waals surface area contributed by atoms with E-state index in [4.69, 9.17) is 9.47 Å². The molecule has 394 valence electrons. The zero-order valence-corrected chi connectivity index (χ0v) is 46.4. The Labute approximate surface area is 496 Å². The number of hydrogen-bond donors (Lipinski definition) is 0. The maximum absolute atomic E-state index is 7.25. The first-order chi connectivity index (χ1) is 42.7. The van der Waals surface area contributed by atoms with Gasteiger partial charge in [0, 0.05) is 50.0 Å². The lowest BCUT2D eigenvalue weighted by molar-refractivity contribution is 0.465. The number of hydrogen-bond acceptors (Lipinski definition) is 2. The standard InChI is InChI=1S/C80H46B2N2O2/c1-5-21-47(22-6-1)79(48-23-7-2-8-24-48)59-33-15-13-29-51(59)55-41-57-53-31-17-35-63-77(53)83(69(57)43-61(55)79)67-37-19-39-71-75(67)81(63)65-45-66-74(46-73(65)85-71)86-72-40-20-38-68-76(72)82(66)64-36-18-32-54-58-42-56-52-30-14-16-34-60(52)80(49-25-9-3-10-26-49,50-27-11-4-12-28-50)62(56)44-70(58)84(68)78(54)64/h1-46H. The zero-order valence-electron chi connectivity index (χ0n) is 46.4. The van der Waals surface area contributed by atoms with Gasteiger partial charge in [0.1, 0.15) is 23.0 Å². The highest BCUT2D eigenvalue weighted by Crippen LogP contribution is 2.60. The average molecular weight is 1090 g/mol. The van der Waals surface area contributed by atoms with Gasteiger partial charge in [-0.1, -0.05) is 224 Å². The van der Waals surface area contributed by atoms with Gasteiger partial charge in [-0.05, 0) is 148 Å². The van der Waals surface area contributed by atoms with Gasteiger partial charge in [-0.2, -0.15) is 0 Å². The van der Waals surface area contributed by atoms with Crippen molar-refractivity contribution in [1.29, 1.82) is 0 Å². The van der Waals surface area contributed by atoms with Crippen LogP contribution in [-0.2, 0) is 10.8 Å². The van der Waals surface area contributed by atoms with Crippen LogP contribution in [0.1, 0.15) is 44.5 Å². The normalized spacial score (nSPS) is 14.8. The van der Waals surface area contributed by atoms with Gasteiger partial charge in [-0.15, -0.1) is 0 Å². The molecule has 4 nitrogen and oxygen atoms in total. The Bertz CT molecular complexity index is 5130. The Balaban J connectivity index is 0.786. The molecule has 21 rings (SSSR count). The summed E-state index contributed by atoms with van der Waals surface area (Å²) >= 11 is 0. The predicted octanol–water partition coefficient (Wildman–Crippen LogP) is 14.5. The molecule has 2 aliphatic carbocycles. The van der Waals surface area contributed by atoms with E-state index in [0.29, 0.717) is 0 Å². The number of benzene rings is 13. The van der Waals surface area contributed by atoms with Crippen molar-refractivity contribution in [3.05, 3.63) is 324 Å². The van der Waals surface area contributed by atoms with Crippen molar-refractivity contribution in [3.63, 3.8) is 0 Å². The van der Waals surface area contributed by atoms with Crippen molar-refractivity contribution >= 4 is 89.8 Å². The molecule has 4 aliphatic heterocycles. The van der Waals surface area contributed by atoms with Crippen molar-refractivity contribution in [3.8, 4) is 56.6 Å². The number of aromatic nitrogens is 2. The quantitative estimate of drug-likeness (QED) is 0.164. The van der Waals surface area contributed by atoms with E-state index in [1.165, 1.54) is 132 Å². The molecule has 0 N–H and O–H groups in total. The van der Waals surface area contributed by atoms with Crippen LogP contribution in [0.15, 0.2) is 279 Å². The number of rotatable bonds is 4. The van der Waals surface area contributed by atoms with Gasteiger partial charge in [0.2, 0.25) is 0 Å². The van der Waals surface area contributed by atoms with E-state index < -0.39 is 10.8 Å². The van der Waals surface area contributed by atoms with E-state index in [-0.39, 0.29) is 13.4 Å². The van der Waals surface area contributed by atoms with Gasteiger partial charge in [-0.25, -0.2) is 0 Å². The van der Waals surface area contributed by atoms with E-state index in [9.17, 15) is 0 Å². The van der Waals surface area contributed by atoms with E-state index in [1.807, 2.05) is 0 Å². The van der Waals surface area contributed by atoms with Gasteiger partial charge in [0.15, 0.2) is 0 Å². The maximum Gasteiger partial charge on any atom is 0.256 e. The van der Waals surface area contributed by atoms with Crippen LogP contribution in [0, 0.1) is 0 Å². The van der Waals surface area contributed by atoms with Crippen molar-refractivity contribution in [2.45, 2.75) is 10.8 Å². The molecule has 0 saturated carbocycles. The summed E-state index contributed by atoms with van der Waals surface area (Å²) in [4.78, 5) is 0. The molecule has 0 unspecified atom stereocenters. The third-order valence-corrected chi connectivity index (χ3v) is 20.8. The number of para-hydroxylation sites is 2. The van der Waals surface area contributed by atoms with Crippen LogP contribution in [0.25, 0.3) is 77.2 Å². The Morgan fingerprint density at radius 2 is 0.651 bits per heavy atom. The van der Waals surface area contributed by atoms with Gasteiger partial charge in [0.25, 0.3) is 13.4 Å². The molecule has 86 heavy (non-hydrogen) atoms. The lowest BCUT2D eigenvalue weighted by Gasteiger charge is -2.37. The number of fused-ring (bicyclic) bond motifs is 20. The second-order valence-corrected chi connectivity index (χ2v) is 24.4. The smallest absolute Gasteiger partial charge is 0.256 e. The minimum atomic E-state index is -0.530. The molecule has 0 radical (unpaired) electrons. The largest absolute Gasteiger partial charge is 0.458 e. The van der Waals surface area contributed by atoms with Gasteiger partial charge in [-0.3, -0.25) is 0 Å². The fraction of sp³-hybridized carbons (Fsp3) is 0.0250. The van der Waals surface area contributed by atoms with Crippen molar-refractivity contribution in [2.75, 3.05) is 0 Å². The van der Waals surface area contributed by atoms with E-state index in [2.05, 4.69) is 288 Å². The molecule has 0 fully saturated rings. The molecule has 15 aromatic rings. The van der Waals surface area contributed by atoms with E-state index in [1.54, 1.807) is 0 Å². The van der Waals surface area contributed by atoms with Crippen LogP contribution < -0.4 is 42.3 Å². The highest BCUT2D eigenvalue weighted by Gasteiger charge is 2.50. The highest BCUT2D eigenvalue weighted by molar-refractivity contribution is 7.02. The summed E-state index contributed by atoms with van der Waals surface area (Å²) in [5.74, 6) is 3.43. The van der Waals surface area contributed by atoms with Crippen LogP contribution >= 0.6 is 0 Å². The van der Waals surface area contributed by atoms with Crippen LogP contribution in [0.2, 0.25) is 0 Å². The average Bonchev–Trinajstić information content (AvgIpc) is 1.51. The third-order valence-electron chi connectivity index (χ3n) is 20.8. The summed E-state index contributed by atoms with van der Waals surface area (Å²) in [6.45, 7) is -0.198. The van der Waals surface area contributed by atoms with Crippen LogP contribution in [-0.4, -0.2) is 22.6 Å². The Morgan fingerprint density at radius 1 is 0.267 bits per heavy atom. The molecular formula is C80H46B2N2O2. The number of nitrogens with zero attached hydrogens (tertiary/aromatic N) is 2. The van der Waals surface area contributed by atoms with Crippen molar-refractivity contribution in [2.24, 2.45) is 0 Å². The second-order valence-electron chi connectivity index (χ2n) is 24.4. The molecule has 0 saturated heterocycles. The zero-order chi connectivity index (χ0) is 55.7. The fourth-order valence-electron chi connectivity index (χ4n) is 17.6. The SMILES string of the molecule is c1ccc(C2(c3ccccc3)c3ccccc3-c3cc4c5cccc6c5n(c4cc32)-c2cccc3c2B6c2cc4c(cc2O3)Oc2cccc3c2B4c2cccc4c5cc6c(cc5n-3c24)C(c2ccccc2)(c2ccccc2)c2ccccc2-6)cc1. The molecule has 0 amide bonds. The van der Waals surface area contributed by atoms with Crippen LogP contribution in [0.4, 0.5) is 0 Å². The summed E-state index contributed by atoms with van der Waals surface area (Å²) in [6.07, 6.45) is 0. The first-order valence-electron chi connectivity index (χ1n) is 30.1. The molecular weight excluding hydrogens is 1040 g/mol. The molecule has 0 spiro atoms. The summed E-state index contributed by atoms with van der Waals surface area (Å²) in [5.41, 5.74) is 28.8. The van der Waals surface area contributed by atoms with E-state index in [0.717, 1.165) is 45.3 Å². The third kappa shape index (κ3) is 5.34. The fourth-order valence-corrected chi connectivity index (χ4v) is 17.6. The Morgan fingerprint density at radius 3 is 1.07 bits per heavy atom. The topological polar surface area (TPSA) is 28.3 Å². The van der Waals surface area contributed by atoms with Gasteiger partial charge >= 0.3 is 0 Å². The summed E-state index contributed by atoms with van der Waals surface area (Å²) in [6, 6.07) is 105. The first-order valence-corrected chi connectivity index (χ1v) is 30.1. The van der Waals surface area contributed by atoms with Crippen LogP contribution in [0.3, 0.4) is 0 Å². The summed E-state index contributed by atoms with van der Waals surface area (Å²) in [5, 5.41) is 5.01. The van der Waals surface area contributed by atoms with E-state index >= 15 is 0 Å². The molecule has 6 heterocycles. The molecule has 6 aliphatic rings. The predicted molar refractivity (Wildman–Crippen MR) is 352 cm³/mol. The minimum absolute atomic E-state index is 0.0988. The van der Waals surface area contributed by atoms with Crippen molar-refractivity contribution < 1.29 is 9.47 Å². The van der Waals surface area contributed by atoms with Crippen molar-refractivity contribution in [1.82, 2.24) is 9.13 Å². The second kappa shape index (κ2) is 16.1. The molecule has 13 aromatic carbocycles.